The quantitative estimate of drug-likeness (QED) is 0.439. The Balaban J connectivity index is 1.69. The van der Waals surface area contributed by atoms with E-state index in [0.29, 0.717) is 22.4 Å². The second-order valence-corrected chi connectivity index (χ2v) is 9.84. The molecule has 0 unspecified atom stereocenters. The number of nitrogens with zero attached hydrogens (tertiary/aromatic N) is 3. The van der Waals surface area contributed by atoms with E-state index in [4.69, 9.17) is 19.6 Å². The molecule has 33 heavy (non-hydrogen) atoms. The maximum absolute atomic E-state index is 12.7. The van der Waals surface area contributed by atoms with E-state index in [1.807, 2.05) is 26.0 Å². The van der Waals surface area contributed by atoms with Crippen LogP contribution in [0.3, 0.4) is 0 Å². The molecule has 8 nitrogen and oxygen atoms in total. The number of rotatable bonds is 4. The van der Waals surface area contributed by atoms with Crippen molar-refractivity contribution in [2.24, 2.45) is 0 Å². The van der Waals surface area contributed by atoms with Crippen LogP contribution in [0.1, 0.15) is 27.6 Å². The molecule has 0 bridgehead atoms. The Morgan fingerprint density at radius 2 is 1.88 bits per heavy atom. The fourth-order valence-corrected chi connectivity index (χ4v) is 6.15. The van der Waals surface area contributed by atoms with E-state index >= 15 is 0 Å². The smallest absolute Gasteiger partial charge is 0.235 e. The monoisotopic (exact) mass is 482 g/mol. The SMILES string of the molecule is COc1cc([C@H]2SCC(=O)Nc3c2c(C)nn3-c2nc3ccc(C)cc3s2)cc(OC)c1O. The molecule has 4 aromatic rings. The van der Waals surface area contributed by atoms with Crippen LogP contribution in [0, 0.1) is 13.8 Å². The van der Waals surface area contributed by atoms with Crippen molar-refractivity contribution >= 4 is 45.0 Å². The fraction of sp³-hybridized carbons (Fsp3) is 0.261. The average Bonchev–Trinajstić information content (AvgIpc) is 3.29. The van der Waals surface area contributed by atoms with E-state index in [-0.39, 0.29) is 22.7 Å². The van der Waals surface area contributed by atoms with Crippen LogP contribution in [0.4, 0.5) is 5.82 Å². The van der Waals surface area contributed by atoms with Gasteiger partial charge in [0, 0.05) is 5.56 Å². The van der Waals surface area contributed by atoms with E-state index in [2.05, 4.69) is 11.4 Å². The Kier molecular flexibility index (Phi) is 5.41. The summed E-state index contributed by atoms with van der Waals surface area (Å²) >= 11 is 3.01. The van der Waals surface area contributed by atoms with Crippen LogP contribution in [0.5, 0.6) is 17.2 Å². The van der Waals surface area contributed by atoms with Gasteiger partial charge in [-0.15, -0.1) is 11.8 Å². The first kappa shape index (κ1) is 21.6. The Labute approximate surface area is 198 Å². The van der Waals surface area contributed by atoms with Crippen LogP contribution in [-0.2, 0) is 4.79 Å². The first-order valence-electron chi connectivity index (χ1n) is 10.2. The molecule has 0 spiro atoms. The molecule has 0 saturated heterocycles. The summed E-state index contributed by atoms with van der Waals surface area (Å²) in [4.78, 5) is 17.4. The number of ether oxygens (including phenoxy) is 2. The first-order chi connectivity index (χ1) is 15.9. The number of aromatic nitrogens is 3. The largest absolute Gasteiger partial charge is 0.502 e. The van der Waals surface area contributed by atoms with Crippen molar-refractivity contribution in [3.63, 3.8) is 0 Å². The van der Waals surface area contributed by atoms with Crippen LogP contribution in [-0.4, -0.2) is 45.8 Å². The molecule has 170 valence electrons. The van der Waals surface area contributed by atoms with Crippen molar-refractivity contribution in [3.05, 3.63) is 52.7 Å². The Morgan fingerprint density at radius 1 is 1.15 bits per heavy atom. The molecule has 3 heterocycles. The normalized spacial score (nSPS) is 15.8. The zero-order valence-electron chi connectivity index (χ0n) is 18.5. The molecule has 1 aliphatic rings. The highest BCUT2D eigenvalue weighted by Gasteiger charge is 2.32. The number of carbonyl (C=O) groups is 1. The molecular weight excluding hydrogens is 460 g/mol. The molecule has 2 aromatic heterocycles. The van der Waals surface area contributed by atoms with Gasteiger partial charge >= 0.3 is 0 Å². The Bertz CT molecular complexity index is 1370. The number of amides is 1. The summed E-state index contributed by atoms with van der Waals surface area (Å²) in [5.41, 5.74) is 4.56. The number of thiazole rings is 1. The van der Waals surface area contributed by atoms with Crippen molar-refractivity contribution in [2.75, 3.05) is 25.3 Å². The van der Waals surface area contributed by atoms with Gasteiger partial charge in [0.1, 0.15) is 5.82 Å². The summed E-state index contributed by atoms with van der Waals surface area (Å²) in [5.74, 6) is 1.31. The first-order valence-corrected chi connectivity index (χ1v) is 12.1. The second-order valence-electron chi connectivity index (χ2n) is 7.74. The third-order valence-corrected chi connectivity index (χ3v) is 7.79. The standard InChI is InChI=1S/C23H22N4O4S2/c1-11-5-6-14-17(7-11)33-23(24-14)27-22-19(12(2)26-27)21(32-10-18(28)25-22)13-8-15(30-3)20(29)16(9-13)31-4/h5-9,21,29H,10H2,1-4H3,(H,25,28)/t21-/m1/s1. The number of phenols is 1. The van der Waals surface area contributed by atoms with Crippen LogP contribution in [0.15, 0.2) is 30.3 Å². The van der Waals surface area contributed by atoms with E-state index in [1.165, 1.54) is 37.3 Å². The lowest BCUT2D eigenvalue weighted by Crippen LogP contribution is -2.15. The number of phenolic OH excluding ortho intramolecular Hbond substituents is 1. The number of fused-ring (bicyclic) bond motifs is 2. The number of benzene rings is 2. The zero-order valence-corrected chi connectivity index (χ0v) is 20.1. The van der Waals surface area contributed by atoms with Gasteiger partial charge < -0.3 is 19.9 Å². The molecule has 5 rings (SSSR count). The predicted octanol–water partition coefficient (Wildman–Crippen LogP) is 4.60. The summed E-state index contributed by atoms with van der Waals surface area (Å²) in [5, 5.41) is 18.6. The highest BCUT2D eigenvalue weighted by atomic mass is 32.2. The molecule has 2 N–H and O–H groups in total. The maximum atomic E-state index is 12.7. The summed E-state index contributed by atoms with van der Waals surface area (Å²) in [6.07, 6.45) is 0. The van der Waals surface area contributed by atoms with Crippen LogP contribution in [0.2, 0.25) is 0 Å². The molecule has 0 saturated carbocycles. The van der Waals surface area contributed by atoms with Gasteiger partial charge in [0.05, 0.1) is 41.1 Å². The summed E-state index contributed by atoms with van der Waals surface area (Å²) in [6.45, 7) is 3.97. The lowest BCUT2D eigenvalue weighted by molar-refractivity contribution is -0.113. The summed E-state index contributed by atoms with van der Waals surface area (Å²) < 4.78 is 13.5. The third kappa shape index (κ3) is 3.68. The minimum atomic E-state index is -0.229. The molecule has 0 aliphatic carbocycles. The van der Waals surface area contributed by atoms with Gasteiger partial charge in [0.25, 0.3) is 0 Å². The third-order valence-electron chi connectivity index (χ3n) is 5.53. The van der Waals surface area contributed by atoms with Gasteiger partial charge in [-0.2, -0.15) is 9.78 Å². The molecule has 2 aromatic carbocycles. The predicted molar refractivity (Wildman–Crippen MR) is 130 cm³/mol. The van der Waals surface area contributed by atoms with Gasteiger partial charge in [-0.25, -0.2) is 4.98 Å². The molecule has 1 amide bonds. The van der Waals surface area contributed by atoms with Crippen molar-refractivity contribution in [1.29, 1.82) is 0 Å². The lowest BCUT2D eigenvalue weighted by atomic mass is 10.0. The van der Waals surface area contributed by atoms with Gasteiger partial charge in [0.15, 0.2) is 11.5 Å². The van der Waals surface area contributed by atoms with E-state index in [1.54, 1.807) is 16.8 Å². The molecule has 1 atom stereocenters. The highest BCUT2D eigenvalue weighted by Crippen LogP contribution is 2.48. The average molecular weight is 483 g/mol. The van der Waals surface area contributed by atoms with Crippen LogP contribution in [0.25, 0.3) is 15.3 Å². The fourth-order valence-electron chi connectivity index (χ4n) is 3.96. The number of methoxy groups -OCH3 is 2. The lowest BCUT2D eigenvalue weighted by Gasteiger charge is -2.18. The van der Waals surface area contributed by atoms with Crippen molar-refractivity contribution < 1.29 is 19.4 Å². The molecule has 10 heteroatoms. The van der Waals surface area contributed by atoms with Crippen molar-refractivity contribution in [2.45, 2.75) is 19.1 Å². The number of anilines is 1. The maximum Gasteiger partial charge on any atom is 0.235 e. The number of thioether (sulfide) groups is 1. The topological polar surface area (TPSA) is 98.5 Å². The number of aromatic hydroxyl groups is 1. The molecule has 0 radical (unpaired) electrons. The van der Waals surface area contributed by atoms with Crippen LogP contribution >= 0.6 is 23.1 Å². The van der Waals surface area contributed by atoms with E-state index in [0.717, 1.165) is 32.6 Å². The number of hydrogen-bond donors (Lipinski definition) is 2. The minimum Gasteiger partial charge on any atom is -0.502 e. The van der Waals surface area contributed by atoms with Crippen molar-refractivity contribution in [1.82, 2.24) is 14.8 Å². The Morgan fingerprint density at radius 3 is 2.58 bits per heavy atom. The summed E-state index contributed by atoms with van der Waals surface area (Å²) in [6, 6.07) is 9.66. The van der Waals surface area contributed by atoms with Gasteiger partial charge in [0.2, 0.25) is 16.8 Å². The van der Waals surface area contributed by atoms with Crippen molar-refractivity contribution in [3.8, 4) is 22.4 Å². The summed E-state index contributed by atoms with van der Waals surface area (Å²) in [7, 11) is 2.99. The Hall–Kier alpha value is -3.24. The van der Waals surface area contributed by atoms with Gasteiger partial charge in [-0.05, 0) is 49.2 Å². The number of hydrogen-bond acceptors (Lipinski definition) is 8. The zero-order chi connectivity index (χ0) is 23.3. The van der Waals surface area contributed by atoms with Crippen LogP contribution < -0.4 is 14.8 Å². The van der Waals surface area contributed by atoms with E-state index in [9.17, 15) is 9.90 Å². The number of aryl methyl sites for hydroxylation is 2. The molecular formula is C23H22N4O4S2. The van der Waals surface area contributed by atoms with Gasteiger partial charge in [-0.3, -0.25) is 4.79 Å². The van der Waals surface area contributed by atoms with Gasteiger partial charge in [-0.1, -0.05) is 17.4 Å². The molecule has 0 fully saturated rings. The minimum absolute atomic E-state index is 0.0611. The number of nitrogens with one attached hydrogen (secondary N) is 1. The van der Waals surface area contributed by atoms with E-state index < -0.39 is 0 Å². The molecule has 1 aliphatic heterocycles. The second kappa shape index (κ2) is 8.27. The highest BCUT2D eigenvalue weighted by molar-refractivity contribution is 8.00. The number of carbonyl (C=O) groups excluding carboxylic acids is 1.